The van der Waals surface area contributed by atoms with Crippen molar-refractivity contribution in [2.24, 2.45) is 5.92 Å². The molecular formula is C17H21N3O3S. The van der Waals surface area contributed by atoms with Crippen LogP contribution in [-0.4, -0.2) is 28.8 Å². The molecule has 0 aliphatic heterocycles. The van der Waals surface area contributed by atoms with Crippen molar-refractivity contribution in [2.45, 2.75) is 39.7 Å². The predicted octanol–water partition coefficient (Wildman–Crippen LogP) is 3.13. The van der Waals surface area contributed by atoms with Gasteiger partial charge in [0.25, 0.3) is 5.91 Å². The summed E-state index contributed by atoms with van der Waals surface area (Å²) in [5.74, 6) is -0.110. The summed E-state index contributed by atoms with van der Waals surface area (Å²) in [5, 5.41) is 7.63. The second-order valence-electron chi connectivity index (χ2n) is 6.06. The molecule has 1 aliphatic carbocycles. The lowest BCUT2D eigenvalue weighted by molar-refractivity contribution is 0.0601. The van der Waals surface area contributed by atoms with Crippen molar-refractivity contribution in [3.63, 3.8) is 0 Å². The summed E-state index contributed by atoms with van der Waals surface area (Å²) in [5.41, 5.74) is 1.87. The van der Waals surface area contributed by atoms with Crippen LogP contribution in [0.15, 0.2) is 12.3 Å². The molecule has 1 unspecified atom stereocenters. The SMILES string of the molecule is CCn1ccc(C(=O)Nc2sc3c(c2C(=O)OC)CCC(C)C3)n1. The number of amides is 1. The lowest BCUT2D eigenvalue weighted by Crippen LogP contribution is -2.16. The van der Waals surface area contributed by atoms with Crippen LogP contribution in [0.5, 0.6) is 0 Å². The lowest BCUT2D eigenvalue weighted by atomic mass is 9.88. The first-order valence-electron chi connectivity index (χ1n) is 8.11. The number of hydrogen-bond donors (Lipinski definition) is 1. The van der Waals surface area contributed by atoms with Crippen molar-refractivity contribution in [3.8, 4) is 0 Å². The van der Waals surface area contributed by atoms with Crippen LogP contribution in [0.1, 0.15) is 51.6 Å². The molecule has 2 aromatic heterocycles. The topological polar surface area (TPSA) is 73.2 Å². The number of esters is 1. The van der Waals surface area contributed by atoms with Crippen LogP contribution in [0.2, 0.25) is 0 Å². The van der Waals surface area contributed by atoms with Gasteiger partial charge in [-0.2, -0.15) is 5.10 Å². The Bertz CT molecular complexity index is 778. The minimum absolute atomic E-state index is 0.306. The molecule has 24 heavy (non-hydrogen) atoms. The van der Waals surface area contributed by atoms with E-state index < -0.39 is 5.97 Å². The van der Waals surface area contributed by atoms with Gasteiger partial charge in [0.2, 0.25) is 0 Å². The van der Waals surface area contributed by atoms with Crippen molar-refractivity contribution in [3.05, 3.63) is 34.0 Å². The number of aromatic nitrogens is 2. The average molecular weight is 347 g/mol. The molecule has 0 aromatic carbocycles. The first-order valence-corrected chi connectivity index (χ1v) is 8.92. The number of nitrogens with zero attached hydrogens (tertiary/aromatic N) is 2. The van der Waals surface area contributed by atoms with Crippen LogP contribution < -0.4 is 5.32 Å². The van der Waals surface area contributed by atoms with Crippen LogP contribution in [0, 0.1) is 5.92 Å². The van der Waals surface area contributed by atoms with Gasteiger partial charge in [0.15, 0.2) is 5.69 Å². The Morgan fingerprint density at radius 2 is 2.29 bits per heavy atom. The van der Waals surface area contributed by atoms with Crippen LogP contribution in [-0.2, 0) is 24.1 Å². The lowest BCUT2D eigenvalue weighted by Gasteiger charge is -2.18. The molecule has 0 radical (unpaired) electrons. The molecule has 1 amide bonds. The fourth-order valence-corrected chi connectivity index (χ4v) is 4.38. The number of methoxy groups -OCH3 is 1. The van der Waals surface area contributed by atoms with E-state index in [2.05, 4.69) is 17.3 Å². The number of thiophene rings is 1. The van der Waals surface area contributed by atoms with E-state index in [1.807, 2.05) is 6.92 Å². The molecule has 1 N–H and O–H groups in total. The van der Waals surface area contributed by atoms with E-state index in [4.69, 9.17) is 4.74 Å². The number of anilines is 1. The Kier molecular flexibility index (Phi) is 4.71. The van der Waals surface area contributed by atoms with Gasteiger partial charge in [-0.3, -0.25) is 9.48 Å². The fourth-order valence-electron chi connectivity index (χ4n) is 2.98. The first-order chi connectivity index (χ1) is 11.5. The first kappa shape index (κ1) is 16.7. The van der Waals surface area contributed by atoms with E-state index in [0.717, 1.165) is 24.8 Å². The average Bonchev–Trinajstić information content (AvgIpc) is 3.17. The number of carbonyl (C=O) groups is 2. The molecule has 0 bridgehead atoms. The Labute approximate surface area is 144 Å². The standard InChI is InChI=1S/C17H21N3O3S/c1-4-20-8-7-12(19-20)15(21)18-16-14(17(22)23-3)11-6-5-10(2)9-13(11)24-16/h7-8,10H,4-6,9H2,1-3H3,(H,18,21). The van der Waals surface area contributed by atoms with Crippen molar-refractivity contribution in [1.29, 1.82) is 0 Å². The molecule has 0 spiro atoms. The highest BCUT2D eigenvalue weighted by Gasteiger charge is 2.29. The molecule has 128 valence electrons. The van der Waals surface area contributed by atoms with Crippen molar-refractivity contribution in [1.82, 2.24) is 9.78 Å². The zero-order valence-corrected chi connectivity index (χ0v) is 14.9. The van der Waals surface area contributed by atoms with E-state index in [9.17, 15) is 9.59 Å². The van der Waals surface area contributed by atoms with Crippen LogP contribution in [0.4, 0.5) is 5.00 Å². The summed E-state index contributed by atoms with van der Waals surface area (Å²) in [7, 11) is 1.37. The third kappa shape index (κ3) is 3.08. The largest absolute Gasteiger partial charge is 0.465 e. The predicted molar refractivity (Wildman–Crippen MR) is 92.7 cm³/mol. The number of aryl methyl sites for hydroxylation is 1. The van der Waals surface area contributed by atoms with E-state index in [0.29, 0.717) is 28.7 Å². The highest BCUT2D eigenvalue weighted by molar-refractivity contribution is 7.17. The van der Waals surface area contributed by atoms with E-state index in [1.165, 1.54) is 23.3 Å². The Hall–Kier alpha value is -2.15. The van der Waals surface area contributed by atoms with Crippen molar-refractivity contribution >= 4 is 28.2 Å². The molecule has 0 saturated heterocycles. The van der Waals surface area contributed by atoms with E-state index >= 15 is 0 Å². The van der Waals surface area contributed by atoms with Gasteiger partial charge in [0, 0.05) is 17.6 Å². The third-order valence-electron chi connectivity index (χ3n) is 4.33. The fraction of sp³-hybridized carbons (Fsp3) is 0.471. The molecule has 7 heteroatoms. The van der Waals surface area contributed by atoms with Gasteiger partial charge in [-0.1, -0.05) is 6.92 Å². The van der Waals surface area contributed by atoms with Gasteiger partial charge in [0.1, 0.15) is 5.00 Å². The van der Waals surface area contributed by atoms with Crippen LogP contribution in [0.25, 0.3) is 0 Å². The smallest absolute Gasteiger partial charge is 0.341 e. The molecule has 0 saturated carbocycles. The minimum Gasteiger partial charge on any atom is -0.465 e. The maximum absolute atomic E-state index is 12.5. The number of ether oxygens (including phenoxy) is 1. The zero-order chi connectivity index (χ0) is 17.3. The summed E-state index contributed by atoms with van der Waals surface area (Å²) in [4.78, 5) is 25.9. The molecule has 1 atom stereocenters. The van der Waals surface area contributed by atoms with Crippen molar-refractivity contribution < 1.29 is 14.3 Å². The molecule has 1 aliphatic rings. The number of nitrogens with one attached hydrogen (secondary N) is 1. The summed E-state index contributed by atoms with van der Waals surface area (Å²) in [6.45, 7) is 4.86. The third-order valence-corrected chi connectivity index (χ3v) is 5.50. The molecule has 2 aromatic rings. The summed E-state index contributed by atoms with van der Waals surface area (Å²) < 4.78 is 6.63. The number of rotatable bonds is 4. The quantitative estimate of drug-likeness (QED) is 0.863. The Balaban J connectivity index is 1.92. The van der Waals surface area contributed by atoms with Gasteiger partial charge >= 0.3 is 5.97 Å². The molecule has 2 heterocycles. The van der Waals surface area contributed by atoms with Gasteiger partial charge in [0.05, 0.1) is 12.7 Å². The number of fused-ring (bicyclic) bond motifs is 1. The van der Waals surface area contributed by atoms with E-state index in [1.54, 1.807) is 16.9 Å². The van der Waals surface area contributed by atoms with Gasteiger partial charge in [-0.25, -0.2) is 4.79 Å². The molecule has 6 nitrogen and oxygen atoms in total. The van der Waals surface area contributed by atoms with Gasteiger partial charge in [-0.05, 0) is 43.7 Å². The molecule has 3 rings (SSSR count). The van der Waals surface area contributed by atoms with Crippen LogP contribution >= 0.6 is 11.3 Å². The summed E-state index contributed by atoms with van der Waals surface area (Å²) in [6, 6.07) is 1.67. The van der Waals surface area contributed by atoms with Crippen LogP contribution in [0.3, 0.4) is 0 Å². The highest BCUT2D eigenvalue weighted by Crippen LogP contribution is 2.40. The Morgan fingerprint density at radius 1 is 1.50 bits per heavy atom. The maximum Gasteiger partial charge on any atom is 0.341 e. The number of hydrogen-bond acceptors (Lipinski definition) is 5. The monoisotopic (exact) mass is 347 g/mol. The van der Waals surface area contributed by atoms with Gasteiger partial charge < -0.3 is 10.1 Å². The minimum atomic E-state index is -0.392. The zero-order valence-electron chi connectivity index (χ0n) is 14.1. The molecule has 0 fully saturated rings. The normalized spacial score (nSPS) is 16.5. The van der Waals surface area contributed by atoms with Crippen molar-refractivity contribution in [2.75, 3.05) is 12.4 Å². The Morgan fingerprint density at radius 3 is 2.96 bits per heavy atom. The van der Waals surface area contributed by atoms with E-state index in [-0.39, 0.29) is 5.91 Å². The highest BCUT2D eigenvalue weighted by atomic mass is 32.1. The second-order valence-corrected chi connectivity index (χ2v) is 7.16. The maximum atomic E-state index is 12.5. The molecular weight excluding hydrogens is 326 g/mol. The number of carbonyl (C=O) groups excluding carboxylic acids is 2. The van der Waals surface area contributed by atoms with Gasteiger partial charge in [-0.15, -0.1) is 11.3 Å². The summed E-state index contributed by atoms with van der Waals surface area (Å²) >= 11 is 1.48. The summed E-state index contributed by atoms with van der Waals surface area (Å²) in [6.07, 6.45) is 4.58. The second kappa shape index (κ2) is 6.76.